The highest BCUT2D eigenvalue weighted by atomic mass is 79.9. The fourth-order valence-electron chi connectivity index (χ4n) is 3.84. The van der Waals surface area contributed by atoms with Crippen LogP contribution < -0.4 is 15.0 Å². The van der Waals surface area contributed by atoms with Gasteiger partial charge < -0.3 is 9.47 Å². The Morgan fingerprint density at radius 3 is 2.53 bits per heavy atom. The lowest BCUT2D eigenvalue weighted by Crippen LogP contribution is -2.23. The normalized spacial score (nSPS) is 11.4. The number of nitro groups is 1. The monoisotopic (exact) mass is 578 g/mol. The average Bonchev–Trinajstić information content (AvgIpc) is 2.88. The second-order valence-electron chi connectivity index (χ2n) is 8.98. The van der Waals surface area contributed by atoms with E-state index in [0.717, 1.165) is 15.6 Å². The van der Waals surface area contributed by atoms with E-state index >= 15 is 0 Å². The van der Waals surface area contributed by atoms with Crippen molar-refractivity contribution in [2.75, 3.05) is 6.61 Å². The Morgan fingerprint density at radius 1 is 1.13 bits per heavy atom. The van der Waals surface area contributed by atoms with Gasteiger partial charge in [0.25, 0.3) is 5.56 Å². The molecule has 0 spiro atoms. The van der Waals surface area contributed by atoms with Gasteiger partial charge in [-0.1, -0.05) is 59.6 Å². The fraction of sp³-hybridized carbons (Fsp3) is 0.250. The zero-order valence-corrected chi connectivity index (χ0v) is 23.1. The second-order valence-corrected chi connectivity index (χ2v) is 9.90. The average molecular weight is 579 g/mol. The van der Waals surface area contributed by atoms with Crippen LogP contribution in [-0.2, 0) is 6.61 Å². The maximum atomic E-state index is 13.3. The molecular weight excluding hydrogens is 552 g/mol. The van der Waals surface area contributed by atoms with Crippen molar-refractivity contribution >= 4 is 38.7 Å². The summed E-state index contributed by atoms with van der Waals surface area (Å²) < 4.78 is 13.6. The van der Waals surface area contributed by atoms with E-state index in [9.17, 15) is 14.9 Å². The number of aryl methyl sites for hydroxylation is 1. The standard InChI is InChI=1S/C28H27BrN4O5/c1-5-37-25-13-20(12-24(33(35)36)26(25)38-16-19-8-6-18(4)7-9-19)15-30-32-27(17(2)3)31-23-11-10-21(29)14-22(23)28(32)34/h6-15,17H,5,16H2,1-4H3. The topological polar surface area (TPSA) is 109 Å². The summed E-state index contributed by atoms with van der Waals surface area (Å²) in [5.74, 6) is 0.622. The Hall–Kier alpha value is -4.05. The number of nitrogens with zero attached hydrogens (tertiary/aromatic N) is 4. The van der Waals surface area contributed by atoms with Crippen LogP contribution in [-0.4, -0.2) is 27.4 Å². The largest absolute Gasteiger partial charge is 0.490 e. The smallest absolute Gasteiger partial charge is 0.315 e. The predicted octanol–water partition coefficient (Wildman–Crippen LogP) is 6.36. The molecule has 4 aromatic rings. The molecule has 196 valence electrons. The van der Waals surface area contributed by atoms with Crippen LogP contribution in [0.4, 0.5) is 5.69 Å². The molecule has 4 rings (SSSR count). The highest BCUT2D eigenvalue weighted by Crippen LogP contribution is 2.39. The molecule has 0 aliphatic rings. The van der Waals surface area contributed by atoms with Gasteiger partial charge in [-0.25, -0.2) is 4.98 Å². The number of hydrogen-bond acceptors (Lipinski definition) is 7. The van der Waals surface area contributed by atoms with Gasteiger partial charge >= 0.3 is 5.69 Å². The summed E-state index contributed by atoms with van der Waals surface area (Å²) in [7, 11) is 0. The van der Waals surface area contributed by atoms with Crippen LogP contribution in [0.25, 0.3) is 10.9 Å². The van der Waals surface area contributed by atoms with Crippen molar-refractivity contribution in [3.8, 4) is 11.5 Å². The van der Waals surface area contributed by atoms with E-state index in [-0.39, 0.29) is 41.9 Å². The maximum Gasteiger partial charge on any atom is 0.315 e. The van der Waals surface area contributed by atoms with Crippen LogP contribution in [0.2, 0.25) is 0 Å². The number of ether oxygens (including phenoxy) is 2. The van der Waals surface area contributed by atoms with Crippen LogP contribution in [0, 0.1) is 17.0 Å². The van der Waals surface area contributed by atoms with Gasteiger partial charge in [-0.2, -0.15) is 9.78 Å². The Morgan fingerprint density at radius 2 is 1.87 bits per heavy atom. The molecule has 10 heteroatoms. The van der Waals surface area contributed by atoms with Crippen molar-refractivity contribution < 1.29 is 14.4 Å². The third kappa shape index (κ3) is 5.91. The van der Waals surface area contributed by atoms with E-state index in [1.807, 2.05) is 51.1 Å². The molecule has 0 amide bonds. The van der Waals surface area contributed by atoms with Crippen molar-refractivity contribution in [1.82, 2.24) is 9.66 Å². The first kappa shape index (κ1) is 27.0. The predicted molar refractivity (Wildman–Crippen MR) is 151 cm³/mol. The summed E-state index contributed by atoms with van der Waals surface area (Å²) >= 11 is 3.39. The number of benzene rings is 3. The fourth-order valence-corrected chi connectivity index (χ4v) is 4.20. The Kier molecular flexibility index (Phi) is 8.21. The van der Waals surface area contributed by atoms with Crippen molar-refractivity contribution in [1.29, 1.82) is 0 Å². The number of halogens is 1. The van der Waals surface area contributed by atoms with Crippen molar-refractivity contribution in [3.63, 3.8) is 0 Å². The molecule has 0 fully saturated rings. The molecule has 38 heavy (non-hydrogen) atoms. The molecule has 0 aliphatic carbocycles. The van der Waals surface area contributed by atoms with Gasteiger partial charge in [0, 0.05) is 22.0 Å². The molecule has 0 saturated heterocycles. The zero-order valence-electron chi connectivity index (χ0n) is 21.5. The first-order chi connectivity index (χ1) is 18.2. The molecule has 0 unspecified atom stereocenters. The SMILES string of the molecule is CCOc1cc(C=Nn2c(C(C)C)nc3ccc(Br)cc3c2=O)cc([N+](=O)[O-])c1OCc1ccc(C)cc1. The number of fused-ring (bicyclic) bond motifs is 1. The molecule has 0 radical (unpaired) electrons. The van der Waals surface area contributed by atoms with Crippen LogP contribution in [0.1, 0.15) is 49.2 Å². The summed E-state index contributed by atoms with van der Waals surface area (Å²) in [4.78, 5) is 29.4. The number of rotatable bonds is 9. The van der Waals surface area contributed by atoms with Crippen molar-refractivity contribution in [2.24, 2.45) is 5.10 Å². The lowest BCUT2D eigenvalue weighted by molar-refractivity contribution is -0.386. The molecular formula is C28H27BrN4O5. The van der Waals surface area contributed by atoms with Crippen LogP contribution in [0.15, 0.2) is 69.0 Å². The van der Waals surface area contributed by atoms with Gasteiger partial charge in [-0.15, -0.1) is 0 Å². The molecule has 1 aromatic heterocycles. The Bertz CT molecular complexity index is 1580. The van der Waals surface area contributed by atoms with Crippen LogP contribution >= 0.6 is 15.9 Å². The third-order valence-corrected chi connectivity index (χ3v) is 6.22. The molecule has 0 bridgehead atoms. The van der Waals surface area contributed by atoms with Crippen LogP contribution in [0.3, 0.4) is 0 Å². The number of nitro benzene ring substituents is 1. The summed E-state index contributed by atoms with van der Waals surface area (Å²) in [5, 5.41) is 16.8. The quantitative estimate of drug-likeness (QED) is 0.130. The summed E-state index contributed by atoms with van der Waals surface area (Å²) in [6.07, 6.45) is 1.39. The maximum absolute atomic E-state index is 13.3. The number of hydrogen-bond donors (Lipinski definition) is 0. The van der Waals surface area contributed by atoms with E-state index in [4.69, 9.17) is 9.47 Å². The van der Waals surface area contributed by atoms with Gasteiger partial charge in [-0.05, 0) is 43.7 Å². The molecule has 1 heterocycles. The summed E-state index contributed by atoms with van der Waals surface area (Å²) in [6, 6.07) is 16.0. The number of aromatic nitrogens is 2. The van der Waals surface area contributed by atoms with Gasteiger partial charge in [-0.3, -0.25) is 14.9 Å². The van der Waals surface area contributed by atoms with Crippen molar-refractivity contribution in [3.05, 3.63) is 102 Å². The molecule has 3 aromatic carbocycles. The van der Waals surface area contributed by atoms with E-state index in [2.05, 4.69) is 26.0 Å². The molecule has 0 atom stereocenters. The molecule has 0 aliphatic heterocycles. The van der Waals surface area contributed by atoms with Gasteiger partial charge in [0.2, 0.25) is 5.75 Å². The minimum Gasteiger partial charge on any atom is -0.490 e. The Labute approximate surface area is 228 Å². The highest BCUT2D eigenvalue weighted by molar-refractivity contribution is 9.10. The Balaban J connectivity index is 1.77. The first-order valence-electron chi connectivity index (χ1n) is 12.1. The third-order valence-electron chi connectivity index (χ3n) is 5.73. The molecule has 0 saturated carbocycles. The summed E-state index contributed by atoms with van der Waals surface area (Å²) in [6.45, 7) is 8.00. The summed E-state index contributed by atoms with van der Waals surface area (Å²) in [5.41, 5.74) is 2.31. The van der Waals surface area contributed by atoms with E-state index in [1.165, 1.54) is 17.0 Å². The van der Waals surface area contributed by atoms with Gasteiger partial charge in [0.15, 0.2) is 5.75 Å². The molecule has 0 N–H and O–H groups in total. The zero-order chi connectivity index (χ0) is 27.4. The minimum atomic E-state index is -0.523. The van der Waals surface area contributed by atoms with E-state index < -0.39 is 4.92 Å². The lowest BCUT2D eigenvalue weighted by atomic mass is 10.1. The van der Waals surface area contributed by atoms with Crippen LogP contribution in [0.5, 0.6) is 11.5 Å². The first-order valence-corrected chi connectivity index (χ1v) is 12.9. The molecule has 9 nitrogen and oxygen atoms in total. The second kappa shape index (κ2) is 11.6. The van der Waals surface area contributed by atoms with E-state index in [0.29, 0.717) is 22.3 Å². The van der Waals surface area contributed by atoms with Crippen molar-refractivity contribution in [2.45, 2.75) is 40.2 Å². The van der Waals surface area contributed by atoms with E-state index in [1.54, 1.807) is 25.1 Å². The minimum absolute atomic E-state index is 0.0341. The lowest BCUT2D eigenvalue weighted by Gasteiger charge is -2.14. The highest BCUT2D eigenvalue weighted by Gasteiger charge is 2.23. The van der Waals surface area contributed by atoms with Gasteiger partial charge in [0.1, 0.15) is 12.4 Å². The van der Waals surface area contributed by atoms with Gasteiger partial charge in [0.05, 0.1) is 28.6 Å².